The maximum absolute atomic E-state index is 3.60. The fourth-order valence-corrected chi connectivity index (χ4v) is 3.16. The van der Waals surface area contributed by atoms with Crippen LogP contribution in [-0.4, -0.2) is 30.1 Å². The molecule has 0 radical (unpaired) electrons. The normalized spacial score (nSPS) is 26.5. The first-order chi connectivity index (χ1) is 9.27. The lowest BCUT2D eigenvalue weighted by atomic mass is 9.86. The molecule has 3 unspecified atom stereocenters. The molecule has 0 aromatic heterocycles. The van der Waals surface area contributed by atoms with E-state index in [1.807, 2.05) is 0 Å². The largest absolute Gasteiger partial charge is 0.309 e. The first-order valence-electron chi connectivity index (χ1n) is 7.88. The number of benzene rings is 1. The van der Waals surface area contributed by atoms with Gasteiger partial charge in [0, 0.05) is 31.2 Å². The van der Waals surface area contributed by atoms with E-state index in [2.05, 4.69) is 76.0 Å². The molecule has 112 valence electrons. The number of hydrogen-bond acceptors (Lipinski definition) is 2. The van der Waals surface area contributed by atoms with Gasteiger partial charge in [0.2, 0.25) is 0 Å². The Morgan fingerprint density at radius 2 is 1.55 bits per heavy atom. The van der Waals surface area contributed by atoms with Crippen molar-refractivity contribution in [1.29, 1.82) is 0 Å². The number of piperazine rings is 1. The summed E-state index contributed by atoms with van der Waals surface area (Å²) in [5.41, 5.74) is 3.08. The molecule has 1 aliphatic rings. The lowest BCUT2D eigenvalue weighted by Crippen LogP contribution is -2.54. The lowest BCUT2D eigenvalue weighted by molar-refractivity contribution is 0.131. The van der Waals surface area contributed by atoms with Crippen LogP contribution >= 0.6 is 0 Å². The molecule has 2 rings (SSSR count). The van der Waals surface area contributed by atoms with Crippen LogP contribution in [-0.2, 0) is 5.41 Å². The number of nitrogens with zero attached hydrogens (tertiary/aromatic N) is 1. The summed E-state index contributed by atoms with van der Waals surface area (Å²) < 4.78 is 0. The van der Waals surface area contributed by atoms with Crippen molar-refractivity contribution in [3.8, 4) is 0 Å². The highest BCUT2D eigenvalue weighted by molar-refractivity contribution is 5.29. The average Bonchev–Trinajstić information content (AvgIpc) is 2.36. The van der Waals surface area contributed by atoms with Crippen LogP contribution in [0.3, 0.4) is 0 Å². The van der Waals surface area contributed by atoms with Crippen LogP contribution < -0.4 is 5.32 Å². The number of hydrogen-bond donors (Lipinski definition) is 1. The Balaban J connectivity index is 2.11. The summed E-state index contributed by atoms with van der Waals surface area (Å²) in [6.07, 6.45) is 0. The van der Waals surface area contributed by atoms with E-state index in [4.69, 9.17) is 0 Å². The molecule has 3 atom stereocenters. The summed E-state index contributed by atoms with van der Waals surface area (Å²) in [5.74, 6) is 0. The SMILES string of the molecule is CC1CN(C(C)c2ccc(C(C)(C)C)cc2)CC(C)N1. The zero-order valence-electron chi connectivity index (χ0n) is 13.9. The molecule has 1 aromatic carbocycles. The maximum atomic E-state index is 3.60. The van der Waals surface area contributed by atoms with Crippen LogP contribution in [0.15, 0.2) is 24.3 Å². The number of rotatable bonds is 2. The Morgan fingerprint density at radius 3 is 2.00 bits per heavy atom. The van der Waals surface area contributed by atoms with Gasteiger partial charge in [-0.05, 0) is 37.3 Å². The summed E-state index contributed by atoms with van der Waals surface area (Å²) in [6.45, 7) is 16.0. The third-order valence-electron chi connectivity index (χ3n) is 4.39. The van der Waals surface area contributed by atoms with Crippen LogP contribution in [0.5, 0.6) is 0 Å². The molecule has 1 saturated heterocycles. The van der Waals surface area contributed by atoms with Crippen molar-refractivity contribution in [1.82, 2.24) is 10.2 Å². The average molecular weight is 274 g/mol. The molecule has 1 aliphatic heterocycles. The van der Waals surface area contributed by atoms with Crippen LogP contribution in [0.2, 0.25) is 0 Å². The molecule has 0 spiro atoms. The second-order valence-electron chi connectivity index (χ2n) is 7.47. The second kappa shape index (κ2) is 5.87. The Hall–Kier alpha value is -0.860. The van der Waals surface area contributed by atoms with E-state index in [9.17, 15) is 0 Å². The van der Waals surface area contributed by atoms with Gasteiger partial charge in [-0.2, -0.15) is 0 Å². The Labute approximate surface area is 124 Å². The van der Waals surface area contributed by atoms with Crippen molar-refractivity contribution in [3.63, 3.8) is 0 Å². The molecular formula is C18H30N2. The highest BCUT2D eigenvalue weighted by Crippen LogP contribution is 2.27. The molecular weight excluding hydrogens is 244 g/mol. The van der Waals surface area contributed by atoms with Gasteiger partial charge in [-0.15, -0.1) is 0 Å². The highest BCUT2D eigenvalue weighted by atomic mass is 15.2. The van der Waals surface area contributed by atoms with Gasteiger partial charge in [0.1, 0.15) is 0 Å². The molecule has 1 N–H and O–H groups in total. The molecule has 1 aromatic rings. The third-order valence-corrected chi connectivity index (χ3v) is 4.39. The molecule has 1 fully saturated rings. The van der Waals surface area contributed by atoms with Crippen LogP contribution in [0.4, 0.5) is 0 Å². The van der Waals surface area contributed by atoms with Crippen molar-refractivity contribution in [2.45, 2.75) is 65.1 Å². The van der Waals surface area contributed by atoms with Gasteiger partial charge in [-0.25, -0.2) is 0 Å². The van der Waals surface area contributed by atoms with Crippen molar-refractivity contribution in [2.24, 2.45) is 0 Å². The highest BCUT2D eigenvalue weighted by Gasteiger charge is 2.25. The van der Waals surface area contributed by atoms with Gasteiger partial charge in [0.25, 0.3) is 0 Å². The monoisotopic (exact) mass is 274 g/mol. The number of nitrogens with one attached hydrogen (secondary N) is 1. The minimum atomic E-state index is 0.236. The predicted octanol–water partition coefficient (Wildman–Crippen LogP) is 3.73. The lowest BCUT2D eigenvalue weighted by Gasteiger charge is -2.40. The van der Waals surface area contributed by atoms with Gasteiger partial charge >= 0.3 is 0 Å². The van der Waals surface area contributed by atoms with Crippen molar-refractivity contribution in [2.75, 3.05) is 13.1 Å². The Kier molecular flexibility index (Phi) is 4.55. The molecule has 1 heterocycles. The van der Waals surface area contributed by atoms with Crippen LogP contribution in [0.1, 0.15) is 58.7 Å². The summed E-state index contributed by atoms with van der Waals surface area (Å²) >= 11 is 0. The molecule has 20 heavy (non-hydrogen) atoms. The van der Waals surface area contributed by atoms with E-state index in [-0.39, 0.29) is 5.41 Å². The summed E-state index contributed by atoms with van der Waals surface area (Å²) in [4.78, 5) is 2.60. The van der Waals surface area contributed by atoms with E-state index in [0.29, 0.717) is 18.1 Å². The first kappa shape index (κ1) is 15.5. The third kappa shape index (κ3) is 3.62. The first-order valence-corrected chi connectivity index (χ1v) is 7.88. The second-order valence-corrected chi connectivity index (χ2v) is 7.47. The molecule has 2 nitrogen and oxygen atoms in total. The minimum absolute atomic E-state index is 0.236. The quantitative estimate of drug-likeness (QED) is 0.884. The Morgan fingerprint density at radius 1 is 1.05 bits per heavy atom. The topological polar surface area (TPSA) is 15.3 Å². The van der Waals surface area contributed by atoms with Gasteiger partial charge in [-0.1, -0.05) is 45.0 Å². The molecule has 0 bridgehead atoms. The van der Waals surface area contributed by atoms with Crippen molar-refractivity contribution < 1.29 is 0 Å². The zero-order valence-corrected chi connectivity index (χ0v) is 13.9. The fourth-order valence-electron chi connectivity index (χ4n) is 3.16. The van der Waals surface area contributed by atoms with Gasteiger partial charge < -0.3 is 5.32 Å². The summed E-state index contributed by atoms with van der Waals surface area (Å²) in [5, 5.41) is 3.60. The summed E-state index contributed by atoms with van der Waals surface area (Å²) in [7, 11) is 0. The van der Waals surface area contributed by atoms with Crippen molar-refractivity contribution in [3.05, 3.63) is 35.4 Å². The molecule has 0 aliphatic carbocycles. The fraction of sp³-hybridized carbons (Fsp3) is 0.667. The van der Waals surface area contributed by atoms with Crippen LogP contribution in [0.25, 0.3) is 0 Å². The molecule has 0 amide bonds. The van der Waals surface area contributed by atoms with Gasteiger partial charge in [0.05, 0.1) is 0 Å². The minimum Gasteiger partial charge on any atom is -0.309 e. The molecule has 2 heteroatoms. The Bertz CT molecular complexity index is 420. The maximum Gasteiger partial charge on any atom is 0.0321 e. The predicted molar refractivity (Wildman–Crippen MR) is 87.2 cm³/mol. The van der Waals surface area contributed by atoms with E-state index in [0.717, 1.165) is 13.1 Å². The molecule has 0 saturated carbocycles. The van der Waals surface area contributed by atoms with E-state index < -0.39 is 0 Å². The smallest absolute Gasteiger partial charge is 0.0321 e. The zero-order chi connectivity index (χ0) is 14.9. The van der Waals surface area contributed by atoms with E-state index >= 15 is 0 Å². The van der Waals surface area contributed by atoms with Crippen molar-refractivity contribution >= 4 is 0 Å². The summed E-state index contributed by atoms with van der Waals surface area (Å²) in [6, 6.07) is 10.9. The van der Waals surface area contributed by atoms with E-state index in [1.165, 1.54) is 11.1 Å². The van der Waals surface area contributed by atoms with Gasteiger partial charge in [0.15, 0.2) is 0 Å². The van der Waals surface area contributed by atoms with Crippen LogP contribution in [0, 0.1) is 0 Å². The standard InChI is InChI=1S/C18H30N2/c1-13-11-20(12-14(2)19-13)15(3)16-7-9-17(10-8-16)18(4,5)6/h7-10,13-15,19H,11-12H2,1-6H3. The van der Waals surface area contributed by atoms with Gasteiger partial charge in [-0.3, -0.25) is 4.90 Å². The van der Waals surface area contributed by atoms with E-state index in [1.54, 1.807) is 0 Å².